The zero-order valence-corrected chi connectivity index (χ0v) is 12.3. The smallest absolute Gasteiger partial charge is 0.291 e. The maximum atomic E-state index is 11.9. The number of furan rings is 1. The van der Waals surface area contributed by atoms with Crippen LogP contribution in [0.1, 0.15) is 17.0 Å². The van der Waals surface area contributed by atoms with Gasteiger partial charge in [0, 0.05) is 6.54 Å². The highest BCUT2D eigenvalue weighted by atomic mass is 32.2. The molecule has 0 atom stereocenters. The fourth-order valence-corrected chi connectivity index (χ4v) is 3.86. The topological polar surface area (TPSA) is 99.9 Å². The molecule has 2 N–H and O–H groups in total. The van der Waals surface area contributed by atoms with Crippen molar-refractivity contribution in [3.8, 4) is 5.75 Å². The molecule has 7 nitrogen and oxygen atoms in total. The minimum Gasteiger partial charge on any atom is -0.506 e. The molecule has 2 heterocycles. The molecule has 1 aliphatic rings. The fraction of sp³-hybridized carbons (Fsp3) is 0.214. The van der Waals surface area contributed by atoms with E-state index in [1.807, 2.05) is 0 Å². The molecule has 1 aliphatic heterocycles. The lowest BCUT2D eigenvalue weighted by atomic mass is 10.2. The molecule has 0 aliphatic carbocycles. The number of phenols is 1. The van der Waals surface area contributed by atoms with Gasteiger partial charge in [-0.3, -0.25) is 9.10 Å². The highest BCUT2D eigenvalue weighted by Crippen LogP contribution is 2.32. The molecule has 0 saturated carbocycles. The summed E-state index contributed by atoms with van der Waals surface area (Å²) < 4.78 is 30.1. The molecule has 8 heteroatoms. The molecule has 0 unspecified atom stereocenters. The third-order valence-corrected chi connectivity index (χ3v) is 5.23. The summed E-state index contributed by atoms with van der Waals surface area (Å²) in [6, 6.07) is 7.34. The van der Waals surface area contributed by atoms with E-state index in [4.69, 9.17) is 4.42 Å². The third kappa shape index (κ3) is 2.64. The Morgan fingerprint density at radius 2 is 2.14 bits per heavy atom. The second-order valence-corrected chi connectivity index (χ2v) is 6.89. The van der Waals surface area contributed by atoms with Crippen LogP contribution in [0.5, 0.6) is 5.75 Å². The molecule has 1 aromatic carbocycles. The summed E-state index contributed by atoms with van der Waals surface area (Å²) in [6.45, 7) is 0.388. The number of hydrogen-bond acceptors (Lipinski definition) is 5. The summed E-state index contributed by atoms with van der Waals surface area (Å²) in [4.78, 5) is 11.9. The van der Waals surface area contributed by atoms with Crippen molar-refractivity contribution >= 4 is 27.3 Å². The van der Waals surface area contributed by atoms with Crippen LogP contribution in [0.2, 0.25) is 0 Å². The number of sulfonamides is 1. The Balaban J connectivity index is 1.89. The number of anilines is 2. The van der Waals surface area contributed by atoms with E-state index < -0.39 is 15.9 Å². The number of benzene rings is 1. The van der Waals surface area contributed by atoms with E-state index in [2.05, 4.69) is 5.32 Å². The Labute approximate surface area is 127 Å². The van der Waals surface area contributed by atoms with Crippen molar-refractivity contribution < 1.29 is 22.7 Å². The number of nitrogens with zero attached hydrogens (tertiary/aromatic N) is 1. The second-order valence-electron chi connectivity index (χ2n) is 4.87. The Kier molecular flexibility index (Phi) is 3.53. The quantitative estimate of drug-likeness (QED) is 0.839. The van der Waals surface area contributed by atoms with Gasteiger partial charge in [-0.05, 0) is 36.8 Å². The highest BCUT2D eigenvalue weighted by Gasteiger charge is 2.29. The average Bonchev–Trinajstić information content (AvgIpc) is 3.10. The molecule has 0 spiro atoms. The molecule has 3 rings (SSSR count). The van der Waals surface area contributed by atoms with Crippen molar-refractivity contribution in [2.24, 2.45) is 0 Å². The van der Waals surface area contributed by atoms with Gasteiger partial charge in [-0.2, -0.15) is 0 Å². The van der Waals surface area contributed by atoms with Crippen molar-refractivity contribution in [3.05, 3.63) is 42.4 Å². The molecule has 0 radical (unpaired) electrons. The maximum Gasteiger partial charge on any atom is 0.291 e. The first-order valence-corrected chi connectivity index (χ1v) is 8.26. The molecule has 1 aromatic heterocycles. The van der Waals surface area contributed by atoms with Gasteiger partial charge in [-0.15, -0.1) is 0 Å². The molecule has 1 fully saturated rings. The van der Waals surface area contributed by atoms with Crippen LogP contribution in [0.15, 0.2) is 41.0 Å². The lowest BCUT2D eigenvalue weighted by Crippen LogP contribution is -2.25. The number of amides is 1. The van der Waals surface area contributed by atoms with Crippen molar-refractivity contribution in [2.75, 3.05) is 21.9 Å². The van der Waals surface area contributed by atoms with Gasteiger partial charge in [0.25, 0.3) is 5.91 Å². The van der Waals surface area contributed by atoms with Crippen molar-refractivity contribution in [1.82, 2.24) is 0 Å². The zero-order chi connectivity index (χ0) is 15.7. The van der Waals surface area contributed by atoms with Crippen LogP contribution < -0.4 is 9.62 Å². The van der Waals surface area contributed by atoms with Gasteiger partial charge in [0.15, 0.2) is 5.76 Å². The van der Waals surface area contributed by atoms with Crippen LogP contribution in [0.25, 0.3) is 0 Å². The normalized spacial score (nSPS) is 16.6. The standard InChI is InChI=1S/C14H14N2O5S/c17-12-5-4-10(16-6-2-8-22(16,19)20)9-11(12)15-14(18)13-3-1-7-21-13/h1,3-5,7,9,17H,2,6,8H2,(H,15,18). The SMILES string of the molecule is O=C(Nc1cc(N2CCCS2(=O)=O)ccc1O)c1ccco1. The zero-order valence-electron chi connectivity index (χ0n) is 11.5. The Morgan fingerprint density at radius 1 is 1.32 bits per heavy atom. The number of carbonyl (C=O) groups excluding carboxylic acids is 1. The highest BCUT2D eigenvalue weighted by molar-refractivity contribution is 7.93. The number of hydrogen-bond donors (Lipinski definition) is 2. The van der Waals surface area contributed by atoms with Crippen LogP contribution >= 0.6 is 0 Å². The summed E-state index contributed by atoms with van der Waals surface area (Å²) in [5.41, 5.74) is 0.533. The van der Waals surface area contributed by atoms with Gasteiger partial charge >= 0.3 is 0 Å². The summed E-state index contributed by atoms with van der Waals surface area (Å²) >= 11 is 0. The first-order valence-electron chi connectivity index (χ1n) is 6.66. The van der Waals surface area contributed by atoms with Crippen LogP contribution in [0, 0.1) is 0 Å². The fourth-order valence-electron chi connectivity index (χ4n) is 2.30. The summed E-state index contributed by atoms with van der Waals surface area (Å²) in [5, 5.41) is 12.3. The third-order valence-electron chi connectivity index (χ3n) is 3.36. The number of aromatic hydroxyl groups is 1. The molecule has 22 heavy (non-hydrogen) atoms. The number of rotatable bonds is 3. The van der Waals surface area contributed by atoms with Gasteiger partial charge in [-0.25, -0.2) is 8.42 Å². The summed E-state index contributed by atoms with van der Waals surface area (Å²) in [6.07, 6.45) is 1.92. The van der Waals surface area contributed by atoms with Crippen LogP contribution in [0.4, 0.5) is 11.4 Å². The van der Waals surface area contributed by atoms with Gasteiger partial charge in [0.05, 0.1) is 23.4 Å². The van der Waals surface area contributed by atoms with E-state index in [1.165, 1.54) is 34.8 Å². The van der Waals surface area contributed by atoms with E-state index in [9.17, 15) is 18.3 Å². The summed E-state index contributed by atoms with van der Waals surface area (Å²) in [7, 11) is -3.32. The van der Waals surface area contributed by atoms with Crippen LogP contribution in [-0.2, 0) is 10.0 Å². The first kappa shape index (κ1) is 14.5. The predicted octanol–water partition coefficient (Wildman–Crippen LogP) is 1.78. The van der Waals surface area contributed by atoms with Crippen molar-refractivity contribution in [3.63, 3.8) is 0 Å². The van der Waals surface area contributed by atoms with E-state index in [-0.39, 0.29) is 22.9 Å². The number of phenolic OH excluding ortho intramolecular Hbond substituents is 1. The largest absolute Gasteiger partial charge is 0.506 e. The Morgan fingerprint density at radius 3 is 2.77 bits per heavy atom. The minimum atomic E-state index is -3.32. The summed E-state index contributed by atoms with van der Waals surface area (Å²) in [5.74, 6) is -0.484. The average molecular weight is 322 g/mol. The van der Waals surface area contributed by atoms with Gasteiger partial charge in [-0.1, -0.05) is 0 Å². The predicted molar refractivity (Wildman–Crippen MR) is 80.5 cm³/mol. The van der Waals surface area contributed by atoms with Gasteiger partial charge in [0.1, 0.15) is 5.75 Å². The van der Waals surface area contributed by atoms with Crippen LogP contribution in [-0.4, -0.2) is 31.7 Å². The maximum absolute atomic E-state index is 11.9. The minimum absolute atomic E-state index is 0.0959. The first-order chi connectivity index (χ1) is 10.5. The molecule has 0 bridgehead atoms. The number of nitrogens with one attached hydrogen (secondary N) is 1. The van der Waals surface area contributed by atoms with Gasteiger partial charge < -0.3 is 14.8 Å². The molecule has 1 saturated heterocycles. The lowest BCUT2D eigenvalue weighted by Gasteiger charge is -2.18. The lowest BCUT2D eigenvalue weighted by molar-refractivity contribution is 0.0996. The molecule has 1 amide bonds. The van der Waals surface area contributed by atoms with E-state index in [0.29, 0.717) is 18.7 Å². The van der Waals surface area contributed by atoms with E-state index in [0.717, 1.165) is 0 Å². The Bertz CT molecular complexity index is 799. The molecular formula is C14H14N2O5S. The van der Waals surface area contributed by atoms with Crippen LogP contribution in [0.3, 0.4) is 0 Å². The molecule has 116 valence electrons. The second kappa shape index (κ2) is 5.38. The van der Waals surface area contributed by atoms with Crippen molar-refractivity contribution in [1.29, 1.82) is 0 Å². The van der Waals surface area contributed by atoms with E-state index in [1.54, 1.807) is 6.07 Å². The Hall–Kier alpha value is -2.48. The molecule has 2 aromatic rings. The molecular weight excluding hydrogens is 308 g/mol. The van der Waals surface area contributed by atoms with Gasteiger partial charge in [0.2, 0.25) is 10.0 Å². The van der Waals surface area contributed by atoms with Crippen molar-refractivity contribution in [2.45, 2.75) is 6.42 Å². The van der Waals surface area contributed by atoms with E-state index >= 15 is 0 Å². The number of carbonyl (C=O) groups is 1. The monoisotopic (exact) mass is 322 g/mol.